The molecular weight excluding hydrogens is 292 g/mol. The van der Waals surface area contributed by atoms with E-state index in [4.69, 9.17) is 4.74 Å². The van der Waals surface area contributed by atoms with Crippen LogP contribution in [0.3, 0.4) is 0 Å². The summed E-state index contributed by atoms with van der Waals surface area (Å²) in [5.74, 6) is 1.28. The molecular formula is C17H16N4O2. The smallest absolute Gasteiger partial charge is 0.244 e. The standard InChI is InChI=1S/C17H16N4O2/c1-12(22)21-17(13-6-8-14(23-2)9-7-13)15(11-19-21)20-16-5-3-4-10-18-16/h3-11H,1-2H3,(H,18,20). The van der Waals surface area contributed by atoms with Gasteiger partial charge in [0.15, 0.2) is 0 Å². The molecule has 2 heterocycles. The first kappa shape index (κ1) is 14.8. The molecule has 0 amide bonds. The van der Waals surface area contributed by atoms with Crippen LogP contribution in [0.5, 0.6) is 5.75 Å². The van der Waals surface area contributed by atoms with Gasteiger partial charge < -0.3 is 10.1 Å². The fourth-order valence-corrected chi connectivity index (χ4v) is 2.28. The molecule has 0 aliphatic carbocycles. The Labute approximate surface area is 133 Å². The molecule has 0 unspecified atom stereocenters. The lowest BCUT2D eigenvalue weighted by Gasteiger charge is -2.09. The van der Waals surface area contributed by atoms with Gasteiger partial charge in [-0.3, -0.25) is 4.79 Å². The van der Waals surface area contributed by atoms with Crippen LogP contribution in [-0.4, -0.2) is 27.8 Å². The maximum Gasteiger partial charge on any atom is 0.244 e. The molecule has 3 aromatic rings. The summed E-state index contributed by atoms with van der Waals surface area (Å²) in [6.07, 6.45) is 3.32. The lowest BCUT2D eigenvalue weighted by atomic mass is 10.1. The lowest BCUT2D eigenvalue weighted by molar-refractivity contribution is 0.0923. The first-order valence-corrected chi connectivity index (χ1v) is 7.10. The molecule has 2 aromatic heterocycles. The van der Waals surface area contributed by atoms with Gasteiger partial charge in [-0.2, -0.15) is 9.78 Å². The number of methoxy groups -OCH3 is 1. The predicted octanol–water partition coefficient (Wildman–Crippen LogP) is 3.36. The number of aromatic nitrogens is 3. The molecule has 0 bridgehead atoms. The summed E-state index contributed by atoms with van der Waals surface area (Å²) in [4.78, 5) is 16.1. The monoisotopic (exact) mass is 308 g/mol. The van der Waals surface area contributed by atoms with Crippen LogP contribution >= 0.6 is 0 Å². The molecule has 0 atom stereocenters. The molecule has 0 spiro atoms. The summed E-state index contributed by atoms with van der Waals surface area (Å²) in [6.45, 7) is 1.48. The number of benzene rings is 1. The zero-order chi connectivity index (χ0) is 16.2. The Bertz CT molecular complexity index is 810. The van der Waals surface area contributed by atoms with Crippen LogP contribution in [-0.2, 0) is 0 Å². The number of hydrogen-bond donors (Lipinski definition) is 1. The van der Waals surface area contributed by atoms with E-state index < -0.39 is 0 Å². The second kappa shape index (κ2) is 6.31. The van der Waals surface area contributed by atoms with Crippen LogP contribution in [0.25, 0.3) is 11.3 Å². The maximum absolute atomic E-state index is 11.9. The number of anilines is 2. The van der Waals surface area contributed by atoms with E-state index in [9.17, 15) is 4.79 Å². The van der Waals surface area contributed by atoms with Crippen molar-refractivity contribution < 1.29 is 9.53 Å². The molecule has 0 saturated carbocycles. The average Bonchev–Trinajstić information content (AvgIpc) is 3.00. The highest BCUT2D eigenvalue weighted by Gasteiger charge is 2.16. The number of nitrogens with zero attached hydrogens (tertiary/aromatic N) is 3. The zero-order valence-electron chi connectivity index (χ0n) is 12.9. The van der Waals surface area contributed by atoms with E-state index in [0.717, 1.165) is 11.3 Å². The fraction of sp³-hybridized carbons (Fsp3) is 0.118. The lowest BCUT2D eigenvalue weighted by Crippen LogP contribution is -2.09. The minimum Gasteiger partial charge on any atom is -0.497 e. The van der Waals surface area contributed by atoms with Crippen molar-refractivity contribution in [3.8, 4) is 17.0 Å². The molecule has 0 fully saturated rings. The number of nitrogens with one attached hydrogen (secondary N) is 1. The topological polar surface area (TPSA) is 69.0 Å². The van der Waals surface area contributed by atoms with Gasteiger partial charge in [-0.1, -0.05) is 6.07 Å². The third-order valence-corrected chi connectivity index (χ3v) is 3.36. The summed E-state index contributed by atoms with van der Waals surface area (Å²) < 4.78 is 6.54. The highest BCUT2D eigenvalue weighted by molar-refractivity contribution is 5.87. The van der Waals surface area contributed by atoms with E-state index in [1.165, 1.54) is 11.6 Å². The third kappa shape index (κ3) is 3.06. The summed E-state index contributed by atoms with van der Waals surface area (Å²) >= 11 is 0. The van der Waals surface area contributed by atoms with Gasteiger partial charge in [0.1, 0.15) is 17.3 Å². The highest BCUT2D eigenvalue weighted by Crippen LogP contribution is 2.31. The van der Waals surface area contributed by atoms with Crippen molar-refractivity contribution in [2.45, 2.75) is 6.92 Å². The Kier molecular flexibility index (Phi) is 4.05. The normalized spacial score (nSPS) is 10.3. The van der Waals surface area contributed by atoms with Crippen LogP contribution in [0.15, 0.2) is 54.9 Å². The second-order valence-electron chi connectivity index (χ2n) is 4.91. The number of pyridine rings is 1. The van der Waals surface area contributed by atoms with Crippen molar-refractivity contribution in [1.82, 2.24) is 14.8 Å². The van der Waals surface area contributed by atoms with Crippen LogP contribution in [0.1, 0.15) is 11.7 Å². The minimum absolute atomic E-state index is 0.162. The molecule has 6 nitrogen and oxygen atoms in total. The van der Waals surface area contributed by atoms with Crippen molar-refractivity contribution in [3.05, 3.63) is 54.9 Å². The van der Waals surface area contributed by atoms with E-state index in [1.54, 1.807) is 19.5 Å². The van der Waals surface area contributed by atoms with E-state index in [0.29, 0.717) is 17.2 Å². The Morgan fingerprint density at radius 3 is 2.57 bits per heavy atom. The quantitative estimate of drug-likeness (QED) is 0.800. The van der Waals surface area contributed by atoms with Gasteiger partial charge in [0, 0.05) is 18.7 Å². The van der Waals surface area contributed by atoms with Crippen LogP contribution in [0.2, 0.25) is 0 Å². The predicted molar refractivity (Wildman–Crippen MR) is 88.0 cm³/mol. The molecule has 116 valence electrons. The fourth-order valence-electron chi connectivity index (χ4n) is 2.28. The van der Waals surface area contributed by atoms with Gasteiger partial charge in [-0.25, -0.2) is 4.98 Å². The van der Waals surface area contributed by atoms with Crippen molar-refractivity contribution in [2.75, 3.05) is 12.4 Å². The van der Waals surface area contributed by atoms with Gasteiger partial charge in [0.05, 0.1) is 19.0 Å². The second-order valence-corrected chi connectivity index (χ2v) is 4.91. The Hall–Kier alpha value is -3.15. The Morgan fingerprint density at radius 2 is 1.96 bits per heavy atom. The third-order valence-electron chi connectivity index (χ3n) is 3.36. The SMILES string of the molecule is COc1ccc(-c2c(Nc3ccccn3)cnn2C(C)=O)cc1. The van der Waals surface area contributed by atoms with Gasteiger partial charge in [-0.15, -0.1) is 0 Å². The van der Waals surface area contributed by atoms with Gasteiger partial charge >= 0.3 is 0 Å². The first-order chi connectivity index (χ1) is 11.2. The number of ether oxygens (including phenoxy) is 1. The van der Waals surface area contributed by atoms with Gasteiger partial charge in [0.2, 0.25) is 5.91 Å². The summed E-state index contributed by atoms with van der Waals surface area (Å²) in [5.41, 5.74) is 2.26. The summed E-state index contributed by atoms with van der Waals surface area (Å²) in [6, 6.07) is 13.0. The van der Waals surface area contributed by atoms with Crippen molar-refractivity contribution in [2.24, 2.45) is 0 Å². The molecule has 1 N–H and O–H groups in total. The largest absolute Gasteiger partial charge is 0.497 e. The van der Waals surface area contributed by atoms with Crippen LogP contribution in [0, 0.1) is 0 Å². The first-order valence-electron chi connectivity index (χ1n) is 7.10. The summed E-state index contributed by atoms with van der Waals surface area (Å²) in [5, 5.41) is 7.37. The summed E-state index contributed by atoms with van der Waals surface area (Å²) in [7, 11) is 1.61. The molecule has 0 radical (unpaired) electrons. The van der Waals surface area contributed by atoms with E-state index >= 15 is 0 Å². The number of carbonyl (C=O) groups excluding carboxylic acids is 1. The molecule has 1 aromatic carbocycles. The molecule has 3 rings (SSSR count). The van der Waals surface area contributed by atoms with Crippen molar-refractivity contribution >= 4 is 17.4 Å². The Balaban J connectivity index is 2.05. The highest BCUT2D eigenvalue weighted by atomic mass is 16.5. The number of carbonyl (C=O) groups is 1. The van der Waals surface area contributed by atoms with Crippen LogP contribution < -0.4 is 10.1 Å². The van der Waals surface area contributed by atoms with Gasteiger partial charge in [0.25, 0.3) is 0 Å². The van der Waals surface area contributed by atoms with E-state index in [2.05, 4.69) is 15.4 Å². The molecule has 6 heteroatoms. The number of rotatable bonds is 4. The zero-order valence-corrected chi connectivity index (χ0v) is 12.9. The minimum atomic E-state index is -0.162. The molecule has 0 aliphatic heterocycles. The average molecular weight is 308 g/mol. The molecule has 0 aliphatic rings. The number of hydrogen-bond acceptors (Lipinski definition) is 5. The molecule has 23 heavy (non-hydrogen) atoms. The van der Waals surface area contributed by atoms with E-state index in [-0.39, 0.29) is 5.91 Å². The van der Waals surface area contributed by atoms with Crippen molar-refractivity contribution in [1.29, 1.82) is 0 Å². The van der Waals surface area contributed by atoms with Gasteiger partial charge in [-0.05, 0) is 36.4 Å². The van der Waals surface area contributed by atoms with E-state index in [1.807, 2.05) is 42.5 Å². The van der Waals surface area contributed by atoms with Crippen LogP contribution in [0.4, 0.5) is 11.5 Å². The Morgan fingerprint density at radius 1 is 1.17 bits per heavy atom. The molecule has 0 saturated heterocycles. The maximum atomic E-state index is 11.9. The van der Waals surface area contributed by atoms with Crippen molar-refractivity contribution in [3.63, 3.8) is 0 Å².